The smallest absolute Gasteiger partial charge is 0.352 e. The maximum absolute atomic E-state index is 11.6. The summed E-state index contributed by atoms with van der Waals surface area (Å²) in [5.41, 5.74) is 0.379. The minimum absolute atomic E-state index is 0.0150. The summed E-state index contributed by atoms with van der Waals surface area (Å²) in [6.07, 6.45) is 1.69. The molecular weight excluding hydrogens is 260 g/mol. The van der Waals surface area contributed by atoms with E-state index in [0.29, 0.717) is 12.3 Å². The summed E-state index contributed by atoms with van der Waals surface area (Å²) >= 11 is 0. The maximum atomic E-state index is 11.6. The number of esters is 1. The highest BCUT2D eigenvalue weighted by Gasteiger charge is 2.10. The largest absolute Gasteiger partial charge is 0.508 e. The molecule has 0 unspecified atom stereocenters. The van der Waals surface area contributed by atoms with Crippen molar-refractivity contribution in [3.05, 3.63) is 24.3 Å². The molecule has 0 atom stereocenters. The molecule has 1 aromatic carbocycles. The van der Waals surface area contributed by atoms with E-state index in [2.05, 4.69) is 10.3 Å². The number of amides is 2. The Hall–Kier alpha value is -2.37. The van der Waals surface area contributed by atoms with E-state index >= 15 is 0 Å². The Balaban J connectivity index is 2.55. The molecule has 0 fully saturated rings. The quantitative estimate of drug-likeness (QED) is 0.492. The van der Waals surface area contributed by atoms with Gasteiger partial charge in [0.25, 0.3) is 0 Å². The number of urea groups is 1. The molecule has 0 aliphatic rings. The highest BCUT2D eigenvalue weighted by molar-refractivity contribution is 6.37. The number of carbonyl (C=O) groups excluding carboxylic acids is 2. The van der Waals surface area contributed by atoms with E-state index in [1.807, 2.05) is 6.92 Å². The molecule has 2 N–H and O–H groups in total. The van der Waals surface area contributed by atoms with Crippen LogP contribution in [0, 0.1) is 0 Å². The number of carbonyl (C=O) groups is 2. The number of nitrogens with zero attached hydrogens (tertiary/aromatic N) is 1. The lowest BCUT2D eigenvalue weighted by Gasteiger charge is -2.04. The fourth-order valence-electron chi connectivity index (χ4n) is 1.35. The summed E-state index contributed by atoms with van der Waals surface area (Å²) in [5.74, 6) is -0.577. The van der Waals surface area contributed by atoms with Crippen molar-refractivity contribution < 1.29 is 19.4 Å². The van der Waals surface area contributed by atoms with Crippen molar-refractivity contribution >= 4 is 23.4 Å². The second kappa shape index (κ2) is 7.93. The predicted octanol–water partition coefficient (Wildman–Crippen LogP) is 2.73. The van der Waals surface area contributed by atoms with Crippen molar-refractivity contribution in [2.45, 2.75) is 26.7 Å². The second-order valence-corrected chi connectivity index (χ2v) is 4.17. The number of anilines is 1. The lowest BCUT2D eigenvalue weighted by atomic mass is 10.3. The second-order valence-electron chi connectivity index (χ2n) is 4.17. The number of ether oxygens (including phenoxy) is 1. The highest BCUT2D eigenvalue weighted by atomic mass is 16.5. The van der Waals surface area contributed by atoms with Gasteiger partial charge in [-0.3, -0.25) is 0 Å². The molecule has 0 saturated heterocycles. The third-order valence-electron chi connectivity index (χ3n) is 2.39. The van der Waals surface area contributed by atoms with Crippen LogP contribution in [0.4, 0.5) is 10.5 Å². The van der Waals surface area contributed by atoms with E-state index in [-0.39, 0.29) is 11.5 Å². The Morgan fingerprint density at radius 3 is 2.80 bits per heavy atom. The van der Waals surface area contributed by atoms with Gasteiger partial charge in [-0.15, -0.1) is 0 Å². The van der Waals surface area contributed by atoms with Gasteiger partial charge in [0.1, 0.15) is 11.5 Å². The number of hydrogen-bond donors (Lipinski definition) is 2. The van der Waals surface area contributed by atoms with Gasteiger partial charge in [-0.05, 0) is 25.5 Å². The highest BCUT2D eigenvalue weighted by Crippen LogP contribution is 2.15. The van der Waals surface area contributed by atoms with Crippen molar-refractivity contribution in [1.82, 2.24) is 0 Å². The summed E-state index contributed by atoms with van der Waals surface area (Å²) in [6.45, 7) is 3.71. The van der Waals surface area contributed by atoms with Crippen molar-refractivity contribution in [2.24, 2.45) is 4.99 Å². The summed E-state index contributed by atoms with van der Waals surface area (Å²) < 4.78 is 4.92. The lowest BCUT2D eigenvalue weighted by Crippen LogP contribution is -2.18. The number of rotatable bonds is 5. The fraction of sp³-hybridized carbons (Fsp3) is 0.357. The van der Waals surface area contributed by atoms with E-state index in [4.69, 9.17) is 4.74 Å². The van der Waals surface area contributed by atoms with Crippen molar-refractivity contribution in [1.29, 1.82) is 0 Å². The molecule has 1 aromatic rings. The molecule has 20 heavy (non-hydrogen) atoms. The van der Waals surface area contributed by atoms with Gasteiger partial charge in [0.05, 0.1) is 6.61 Å². The van der Waals surface area contributed by atoms with Crippen LogP contribution < -0.4 is 5.32 Å². The molecule has 0 spiro atoms. The van der Waals surface area contributed by atoms with Crippen LogP contribution in [0.3, 0.4) is 0 Å². The molecule has 6 heteroatoms. The Labute approximate surface area is 117 Å². The molecular formula is C14H18N2O4. The minimum Gasteiger partial charge on any atom is -0.508 e. The molecule has 2 amide bonds. The third-order valence-corrected chi connectivity index (χ3v) is 2.39. The first-order chi connectivity index (χ1) is 9.52. The molecule has 1 rings (SSSR count). The standard InChI is InChI=1S/C14H18N2O4/c1-3-4-8-20-13(18)10(2)15-14(19)16-11-6-5-7-12(17)9-11/h5-7,9,17H,3-4,8H2,1-2H3,(H,16,19). The Morgan fingerprint density at radius 1 is 1.40 bits per heavy atom. The number of aliphatic imine (C=N–C) groups is 1. The van der Waals surface area contributed by atoms with E-state index in [1.54, 1.807) is 12.1 Å². The van der Waals surface area contributed by atoms with E-state index in [9.17, 15) is 14.7 Å². The van der Waals surface area contributed by atoms with Crippen LogP contribution in [0.25, 0.3) is 0 Å². The average molecular weight is 278 g/mol. The first-order valence-electron chi connectivity index (χ1n) is 6.35. The van der Waals surface area contributed by atoms with E-state index in [1.165, 1.54) is 19.1 Å². The zero-order valence-corrected chi connectivity index (χ0v) is 11.5. The Kier molecular flexibility index (Phi) is 6.22. The first kappa shape index (κ1) is 15.7. The lowest BCUT2D eigenvalue weighted by molar-refractivity contribution is -0.135. The number of benzene rings is 1. The molecule has 108 valence electrons. The summed E-state index contributed by atoms with van der Waals surface area (Å²) in [7, 11) is 0. The Bertz CT molecular complexity index is 512. The van der Waals surface area contributed by atoms with Crippen LogP contribution in [-0.4, -0.2) is 29.4 Å². The summed E-state index contributed by atoms with van der Waals surface area (Å²) in [5, 5.41) is 11.7. The van der Waals surface area contributed by atoms with Gasteiger partial charge >= 0.3 is 12.0 Å². The van der Waals surface area contributed by atoms with E-state index < -0.39 is 12.0 Å². The SMILES string of the molecule is CCCCOC(=O)C(C)=NC(=O)Nc1cccc(O)c1. The van der Waals surface area contributed by atoms with Gasteiger partial charge in [-0.1, -0.05) is 19.4 Å². The molecule has 0 aliphatic carbocycles. The predicted molar refractivity (Wildman–Crippen MR) is 76.1 cm³/mol. The maximum Gasteiger partial charge on any atom is 0.352 e. The van der Waals surface area contributed by atoms with Crippen molar-refractivity contribution in [2.75, 3.05) is 11.9 Å². The van der Waals surface area contributed by atoms with Crippen LogP contribution in [-0.2, 0) is 9.53 Å². The topological polar surface area (TPSA) is 88.0 Å². The number of phenolic OH excluding ortho intramolecular Hbond substituents is 1. The average Bonchev–Trinajstić information content (AvgIpc) is 2.38. The molecule has 0 bridgehead atoms. The molecule has 0 radical (unpaired) electrons. The van der Waals surface area contributed by atoms with Gasteiger partial charge in [0, 0.05) is 11.8 Å². The van der Waals surface area contributed by atoms with Crippen LogP contribution in [0.15, 0.2) is 29.3 Å². The van der Waals surface area contributed by atoms with Gasteiger partial charge in [-0.2, -0.15) is 4.99 Å². The number of nitrogens with one attached hydrogen (secondary N) is 1. The monoisotopic (exact) mass is 278 g/mol. The van der Waals surface area contributed by atoms with Crippen LogP contribution >= 0.6 is 0 Å². The molecule has 0 heterocycles. The van der Waals surface area contributed by atoms with Gasteiger partial charge in [0.15, 0.2) is 0 Å². The normalized spacial score (nSPS) is 11.0. The number of hydrogen-bond acceptors (Lipinski definition) is 4. The molecule has 0 saturated carbocycles. The molecule has 6 nitrogen and oxygen atoms in total. The van der Waals surface area contributed by atoms with E-state index in [0.717, 1.165) is 12.8 Å². The van der Waals surface area contributed by atoms with Crippen LogP contribution in [0.1, 0.15) is 26.7 Å². The van der Waals surface area contributed by atoms with Crippen LogP contribution in [0.5, 0.6) is 5.75 Å². The molecule has 0 aliphatic heterocycles. The van der Waals surface area contributed by atoms with Crippen molar-refractivity contribution in [3.8, 4) is 5.75 Å². The van der Waals surface area contributed by atoms with Gasteiger partial charge < -0.3 is 15.2 Å². The number of unbranched alkanes of at least 4 members (excludes halogenated alkanes) is 1. The Morgan fingerprint density at radius 2 is 2.15 bits per heavy atom. The van der Waals surface area contributed by atoms with Crippen LogP contribution in [0.2, 0.25) is 0 Å². The number of phenols is 1. The first-order valence-corrected chi connectivity index (χ1v) is 6.35. The van der Waals surface area contributed by atoms with Gasteiger partial charge in [0.2, 0.25) is 0 Å². The summed E-state index contributed by atoms with van der Waals surface area (Å²) in [6, 6.07) is 5.35. The number of aromatic hydroxyl groups is 1. The zero-order chi connectivity index (χ0) is 15.0. The summed E-state index contributed by atoms with van der Waals surface area (Å²) in [4.78, 5) is 26.7. The third kappa shape index (κ3) is 5.51. The fourth-order valence-corrected chi connectivity index (χ4v) is 1.35. The van der Waals surface area contributed by atoms with Gasteiger partial charge in [-0.25, -0.2) is 9.59 Å². The minimum atomic E-state index is -0.694. The molecule has 0 aromatic heterocycles. The zero-order valence-electron chi connectivity index (χ0n) is 11.5. The van der Waals surface area contributed by atoms with Crippen molar-refractivity contribution in [3.63, 3.8) is 0 Å².